The zero-order valence-corrected chi connectivity index (χ0v) is 14.8. The number of fused-ring (bicyclic) bond motifs is 1. The number of nitrogens with one attached hydrogen (secondary N) is 1. The van der Waals surface area contributed by atoms with Gasteiger partial charge >= 0.3 is 0 Å². The van der Waals surface area contributed by atoms with Gasteiger partial charge in [0.25, 0.3) is 5.91 Å². The fourth-order valence-corrected chi connectivity index (χ4v) is 4.38. The average Bonchev–Trinajstić information content (AvgIpc) is 2.64. The van der Waals surface area contributed by atoms with Gasteiger partial charge in [-0.25, -0.2) is 0 Å². The molecule has 0 unspecified atom stereocenters. The van der Waals surface area contributed by atoms with Crippen molar-refractivity contribution in [3.63, 3.8) is 0 Å². The lowest BCUT2D eigenvalue weighted by Gasteiger charge is -2.20. The Morgan fingerprint density at radius 2 is 1.88 bits per heavy atom. The zero-order chi connectivity index (χ0) is 16.6. The summed E-state index contributed by atoms with van der Waals surface area (Å²) in [5, 5.41) is 5.92. The van der Waals surface area contributed by atoms with E-state index in [4.69, 9.17) is 4.74 Å². The van der Waals surface area contributed by atoms with E-state index in [1.807, 2.05) is 54.2 Å². The number of hydrogen-bond acceptors (Lipinski definition) is 3. The number of ether oxygens (including phenoxy) is 1. The number of carbonyl (C=O) groups is 1. The standard InChI is InChI=1S/C20H25NO2S/c22-20(21-13-14-24-17-9-2-1-3-10-17)15-23-19-12-6-8-16-7-4-5-11-18(16)19/h4-8,11-12,17H,1-3,9-10,13-15H2,(H,21,22). The van der Waals surface area contributed by atoms with Gasteiger partial charge in [-0.15, -0.1) is 0 Å². The molecular formula is C20H25NO2S. The third-order valence-electron chi connectivity index (χ3n) is 4.44. The van der Waals surface area contributed by atoms with Crippen molar-refractivity contribution in [2.75, 3.05) is 18.9 Å². The maximum absolute atomic E-state index is 12.0. The molecule has 0 atom stereocenters. The minimum absolute atomic E-state index is 0.0489. The van der Waals surface area contributed by atoms with Crippen LogP contribution in [-0.4, -0.2) is 30.1 Å². The molecule has 128 valence electrons. The Morgan fingerprint density at radius 1 is 1.08 bits per heavy atom. The van der Waals surface area contributed by atoms with Crippen molar-refractivity contribution in [3.8, 4) is 5.75 Å². The van der Waals surface area contributed by atoms with E-state index in [1.54, 1.807) is 0 Å². The van der Waals surface area contributed by atoms with Crippen LogP contribution in [0.5, 0.6) is 5.75 Å². The molecule has 1 N–H and O–H groups in total. The minimum atomic E-state index is -0.0489. The number of carbonyl (C=O) groups excluding carboxylic acids is 1. The van der Waals surface area contributed by atoms with Crippen LogP contribution < -0.4 is 10.1 Å². The normalized spacial score (nSPS) is 15.3. The van der Waals surface area contributed by atoms with Crippen LogP contribution in [-0.2, 0) is 4.79 Å². The molecule has 1 saturated carbocycles. The van der Waals surface area contributed by atoms with E-state index >= 15 is 0 Å². The third kappa shape index (κ3) is 4.91. The summed E-state index contributed by atoms with van der Waals surface area (Å²) >= 11 is 2.00. The summed E-state index contributed by atoms with van der Waals surface area (Å²) in [5.41, 5.74) is 0. The second kappa shape index (κ2) is 8.97. The molecule has 1 aliphatic rings. The van der Waals surface area contributed by atoms with Gasteiger partial charge in [0, 0.05) is 22.9 Å². The first kappa shape index (κ1) is 17.2. The van der Waals surface area contributed by atoms with Gasteiger partial charge in [0.1, 0.15) is 5.75 Å². The van der Waals surface area contributed by atoms with Crippen LogP contribution in [0.1, 0.15) is 32.1 Å². The number of hydrogen-bond donors (Lipinski definition) is 1. The number of thioether (sulfide) groups is 1. The number of amides is 1. The van der Waals surface area contributed by atoms with Gasteiger partial charge in [-0.2, -0.15) is 11.8 Å². The third-order valence-corrected chi connectivity index (χ3v) is 5.82. The molecule has 1 fully saturated rings. The van der Waals surface area contributed by atoms with Crippen molar-refractivity contribution in [3.05, 3.63) is 42.5 Å². The van der Waals surface area contributed by atoms with Crippen LogP contribution in [0.25, 0.3) is 10.8 Å². The molecule has 0 saturated heterocycles. The van der Waals surface area contributed by atoms with E-state index in [2.05, 4.69) is 5.32 Å². The highest BCUT2D eigenvalue weighted by Crippen LogP contribution is 2.27. The van der Waals surface area contributed by atoms with E-state index in [0.717, 1.165) is 34.1 Å². The molecule has 0 bridgehead atoms. The fraction of sp³-hybridized carbons (Fsp3) is 0.450. The van der Waals surface area contributed by atoms with Gasteiger partial charge in [0.2, 0.25) is 0 Å². The van der Waals surface area contributed by atoms with Crippen molar-refractivity contribution >= 4 is 28.4 Å². The predicted molar refractivity (Wildman–Crippen MR) is 102 cm³/mol. The van der Waals surface area contributed by atoms with Crippen LogP contribution in [0, 0.1) is 0 Å². The van der Waals surface area contributed by atoms with Crippen molar-refractivity contribution in [2.24, 2.45) is 0 Å². The lowest BCUT2D eigenvalue weighted by atomic mass is 10.0. The van der Waals surface area contributed by atoms with Crippen LogP contribution in [0.2, 0.25) is 0 Å². The lowest BCUT2D eigenvalue weighted by molar-refractivity contribution is -0.122. The van der Waals surface area contributed by atoms with E-state index < -0.39 is 0 Å². The van der Waals surface area contributed by atoms with E-state index in [-0.39, 0.29) is 12.5 Å². The lowest BCUT2D eigenvalue weighted by Crippen LogP contribution is -2.31. The fourth-order valence-electron chi connectivity index (χ4n) is 3.16. The molecule has 4 heteroatoms. The molecule has 1 amide bonds. The highest BCUT2D eigenvalue weighted by Gasteiger charge is 2.13. The van der Waals surface area contributed by atoms with Gasteiger partial charge < -0.3 is 10.1 Å². The number of rotatable bonds is 7. The molecule has 1 aliphatic carbocycles. The Bertz CT molecular complexity index is 662. The molecule has 0 heterocycles. The Kier molecular flexibility index (Phi) is 6.41. The average molecular weight is 343 g/mol. The van der Waals surface area contributed by atoms with Crippen molar-refractivity contribution < 1.29 is 9.53 Å². The van der Waals surface area contributed by atoms with Crippen molar-refractivity contribution in [2.45, 2.75) is 37.4 Å². The molecule has 0 radical (unpaired) electrons. The Hall–Kier alpha value is -1.68. The molecule has 24 heavy (non-hydrogen) atoms. The molecule has 2 aromatic carbocycles. The van der Waals surface area contributed by atoms with Gasteiger partial charge in [0.15, 0.2) is 6.61 Å². The van der Waals surface area contributed by atoms with E-state index in [1.165, 1.54) is 32.1 Å². The van der Waals surface area contributed by atoms with Crippen molar-refractivity contribution in [1.82, 2.24) is 5.32 Å². The quantitative estimate of drug-likeness (QED) is 0.757. The topological polar surface area (TPSA) is 38.3 Å². The first-order chi connectivity index (χ1) is 11.8. The van der Waals surface area contributed by atoms with Crippen LogP contribution >= 0.6 is 11.8 Å². The minimum Gasteiger partial charge on any atom is -0.483 e. The summed E-state index contributed by atoms with van der Waals surface area (Å²) < 4.78 is 5.71. The first-order valence-electron chi connectivity index (χ1n) is 8.82. The monoisotopic (exact) mass is 343 g/mol. The molecule has 2 aromatic rings. The van der Waals surface area contributed by atoms with Gasteiger partial charge in [-0.1, -0.05) is 55.7 Å². The molecule has 0 aromatic heterocycles. The maximum atomic E-state index is 12.0. The molecule has 0 spiro atoms. The summed E-state index contributed by atoms with van der Waals surface area (Å²) in [7, 11) is 0. The highest BCUT2D eigenvalue weighted by molar-refractivity contribution is 7.99. The van der Waals surface area contributed by atoms with E-state index in [9.17, 15) is 4.79 Å². The van der Waals surface area contributed by atoms with Crippen LogP contribution in [0.15, 0.2) is 42.5 Å². The molecule has 0 aliphatic heterocycles. The predicted octanol–water partition coefficient (Wildman–Crippen LogP) is 4.40. The Labute approximate surface area is 148 Å². The second-order valence-corrected chi connectivity index (χ2v) is 7.65. The smallest absolute Gasteiger partial charge is 0.257 e. The summed E-state index contributed by atoms with van der Waals surface area (Å²) in [4.78, 5) is 12.0. The van der Waals surface area contributed by atoms with E-state index in [0.29, 0.717) is 0 Å². The van der Waals surface area contributed by atoms with Gasteiger partial charge in [0.05, 0.1) is 0 Å². The molecule has 3 nitrogen and oxygen atoms in total. The maximum Gasteiger partial charge on any atom is 0.257 e. The second-order valence-electron chi connectivity index (χ2n) is 6.25. The largest absolute Gasteiger partial charge is 0.483 e. The zero-order valence-electron chi connectivity index (χ0n) is 14.0. The number of benzene rings is 2. The Balaban J connectivity index is 1.39. The first-order valence-corrected chi connectivity index (χ1v) is 9.87. The van der Waals surface area contributed by atoms with Crippen molar-refractivity contribution in [1.29, 1.82) is 0 Å². The molecular weight excluding hydrogens is 318 g/mol. The molecule has 3 rings (SSSR count). The Morgan fingerprint density at radius 3 is 2.75 bits per heavy atom. The van der Waals surface area contributed by atoms with Gasteiger partial charge in [-0.3, -0.25) is 4.79 Å². The van der Waals surface area contributed by atoms with Crippen LogP contribution in [0.4, 0.5) is 0 Å². The summed E-state index contributed by atoms with van der Waals surface area (Å²) in [5.74, 6) is 1.71. The summed E-state index contributed by atoms with van der Waals surface area (Å²) in [6, 6.07) is 14.0. The summed E-state index contributed by atoms with van der Waals surface area (Å²) in [6.45, 7) is 0.793. The SMILES string of the molecule is O=C(COc1cccc2ccccc12)NCCSC1CCCCC1. The highest BCUT2D eigenvalue weighted by atomic mass is 32.2. The van der Waals surface area contributed by atoms with Gasteiger partial charge in [-0.05, 0) is 24.3 Å². The van der Waals surface area contributed by atoms with Crippen LogP contribution in [0.3, 0.4) is 0 Å². The summed E-state index contributed by atoms with van der Waals surface area (Å²) in [6.07, 6.45) is 6.79.